The molecule has 1 heterocycles. The second kappa shape index (κ2) is 4.85. The maximum atomic E-state index is 11.7. The second-order valence-corrected chi connectivity index (χ2v) is 4.59. The minimum atomic E-state index is -1.65. The molecule has 2 rings (SSSR count). The van der Waals surface area contributed by atoms with Gasteiger partial charge in [-0.15, -0.1) is 0 Å². The summed E-state index contributed by atoms with van der Waals surface area (Å²) in [6, 6.07) is 8.46. The number of esters is 1. The number of carbonyl (C=O) groups is 1. The maximum absolute atomic E-state index is 11.7. The predicted molar refractivity (Wildman–Crippen MR) is 70.8 cm³/mol. The Morgan fingerprint density at radius 1 is 1.37 bits per heavy atom. The van der Waals surface area contributed by atoms with Crippen LogP contribution in [0.1, 0.15) is 6.92 Å². The molecule has 100 valence electrons. The van der Waals surface area contributed by atoms with Crippen LogP contribution in [-0.4, -0.2) is 28.4 Å². The van der Waals surface area contributed by atoms with Crippen LogP contribution in [0, 0.1) is 0 Å². The van der Waals surface area contributed by atoms with Gasteiger partial charge in [-0.3, -0.25) is 4.79 Å². The Morgan fingerprint density at radius 2 is 2.05 bits per heavy atom. The van der Waals surface area contributed by atoms with Gasteiger partial charge in [0.05, 0.1) is 19.2 Å². The van der Waals surface area contributed by atoms with Gasteiger partial charge in [0.1, 0.15) is 0 Å². The molecule has 0 fully saturated rings. The van der Waals surface area contributed by atoms with E-state index in [1.54, 1.807) is 35.0 Å². The molecule has 0 spiro atoms. The fourth-order valence-corrected chi connectivity index (χ4v) is 2.01. The van der Waals surface area contributed by atoms with Gasteiger partial charge in [0.25, 0.3) is 0 Å². The summed E-state index contributed by atoms with van der Waals surface area (Å²) in [7, 11) is 1.22. The van der Waals surface area contributed by atoms with Crippen LogP contribution in [0.3, 0.4) is 0 Å². The number of ether oxygens (including phenoxy) is 1. The van der Waals surface area contributed by atoms with Crippen molar-refractivity contribution in [1.82, 2.24) is 4.57 Å². The molecular formula is C14H15NO4. The molecule has 1 aromatic carbocycles. The van der Waals surface area contributed by atoms with E-state index in [1.165, 1.54) is 20.1 Å². The van der Waals surface area contributed by atoms with Gasteiger partial charge in [-0.25, -0.2) is 4.79 Å². The van der Waals surface area contributed by atoms with Crippen molar-refractivity contribution in [2.75, 3.05) is 7.11 Å². The number of hydrogen-bond acceptors (Lipinski definition) is 4. The molecule has 0 bridgehead atoms. The topological polar surface area (TPSA) is 68.5 Å². The normalized spacial score (nSPS) is 14.1. The highest BCUT2D eigenvalue weighted by molar-refractivity contribution is 5.80. The monoisotopic (exact) mass is 261 g/mol. The molecule has 0 aliphatic rings. The molecule has 0 saturated heterocycles. The zero-order chi connectivity index (χ0) is 14.0. The van der Waals surface area contributed by atoms with Crippen molar-refractivity contribution in [2.24, 2.45) is 0 Å². The summed E-state index contributed by atoms with van der Waals surface area (Å²) in [6.45, 7) is 1.40. The number of para-hydroxylation sites is 1. The standard InChI is InChI=1S/C14H15NO4/c1-14(18,13(17)19-2)9-15-8-7-12(16)10-5-3-4-6-11(10)15/h3-8,18H,9H2,1-2H3. The van der Waals surface area contributed by atoms with Gasteiger partial charge in [-0.2, -0.15) is 0 Å². The van der Waals surface area contributed by atoms with E-state index in [-0.39, 0.29) is 12.0 Å². The van der Waals surface area contributed by atoms with Gasteiger partial charge in [0.15, 0.2) is 11.0 Å². The first kappa shape index (κ1) is 13.3. The first-order valence-corrected chi connectivity index (χ1v) is 5.85. The Bertz CT molecular complexity index is 672. The van der Waals surface area contributed by atoms with E-state index >= 15 is 0 Å². The van der Waals surface area contributed by atoms with E-state index < -0.39 is 11.6 Å². The molecule has 5 heteroatoms. The van der Waals surface area contributed by atoms with Gasteiger partial charge in [0, 0.05) is 17.6 Å². The lowest BCUT2D eigenvalue weighted by molar-refractivity contribution is -0.161. The summed E-state index contributed by atoms with van der Waals surface area (Å²) in [5.41, 5.74) is -1.07. The van der Waals surface area contributed by atoms with Gasteiger partial charge in [0.2, 0.25) is 0 Å². The third kappa shape index (κ3) is 2.51. The molecule has 0 amide bonds. The number of aromatic nitrogens is 1. The Hall–Kier alpha value is -2.14. The lowest BCUT2D eigenvalue weighted by atomic mass is 10.1. The molecule has 0 aliphatic carbocycles. The molecule has 0 aliphatic heterocycles. The number of fused-ring (bicyclic) bond motifs is 1. The van der Waals surface area contributed by atoms with Crippen molar-refractivity contribution >= 4 is 16.9 Å². The fourth-order valence-electron chi connectivity index (χ4n) is 2.01. The summed E-state index contributed by atoms with van der Waals surface area (Å²) < 4.78 is 6.22. The average molecular weight is 261 g/mol. The number of pyridine rings is 1. The van der Waals surface area contributed by atoms with Crippen LogP contribution in [-0.2, 0) is 16.1 Å². The number of aliphatic hydroxyl groups is 1. The molecule has 1 aromatic heterocycles. The molecule has 0 radical (unpaired) electrons. The number of rotatable bonds is 3. The van der Waals surface area contributed by atoms with Crippen LogP contribution in [0.5, 0.6) is 0 Å². The van der Waals surface area contributed by atoms with Crippen molar-refractivity contribution in [2.45, 2.75) is 19.1 Å². The lowest BCUT2D eigenvalue weighted by Gasteiger charge is -2.22. The Balaban J connectivity index is 2.50. The molecule has 1 N–H and O–H groups in total. The number of hydrogen-bond donors (Lipinski definition) is 1. The highest BCUT2D eigenvalue weighted by atomic mass is 16.5. The summed E-state index contributed by atoms with van der Waals surface area (Å²) in [5.74, 6) is -0.713. The van der Waals surface area contributed by atoms with Crippen LogP contribution in [0.25, 0.3) is 10.9 Å². The number of carbonyl (C=O) groups excluding carboxylic acids is 1. The van der Waals surface area contributed by atoms with Crippen LogP contribution >= 0.6 is 0 Å². The van der Waals surface area contributed by atoms with Crippen molar-refractivity contribution in [3.63, 3.8) is 0 Å². The lowest BCUT2D eigenvalue weighted by Crippen LogP contribution is -2.40. The first-order valence-electron chi connectivity index (χ1n) is 5.85. The molecule has 1 atom stereocenters. The van der Waals surface area contributed by atoms with E-state index in [1.807, 2.05) is 0 Å². The van der Waals surface area contributed by atoms with Crippen LogP contribution in [0.4, 0.5) is 0 Å². The molecular weight excluding hydrogens is 246 g/mol. The van der Waals surface area contributed by atoms with Crippen molar-refractivity contribution in [1.29, 1.82) is 0 Å². The van der Waals surface area contributed by atoms with Crippen LogP contribution in [0.2, 0.25) is 0 Å². The minimum absolute atomic E-state index is 0.0144. The number of nitrogens with zero attached hydrogens (tertiary/aromatic N) is 1. The smallest absolute Gasteiger partial charge is 0.339 e. The quantitative estimate of drug-likeness (QED) is 0.834. The SMILES string of the molecule is COC(=O)C(C)(O)Cn1ccc(=O)c2ccccc21. The average Bonchev–Trinajstić information content (AvgIpc) is 2.41. The predicted octanol–water partition coefficient (Wildman–Crippen LogP) is 0.925. The van der Waals surface area contributed by atoms with Crippen LogP contribution < -0.4 is 5.43 Å². The van der Waals surface area contributed by atoms with Gasteiger partial charge >= 0.3 is 5.97 Å². The zero-order valence-electron chi connectivity index (χ0n) is 10.8. The third-order valence-electron chi connectivity index (χ3n) is 2.99. The molecule has 19 heavy (non-hydrogen) atoms. The molecule has 1 unspecified atom stereocenters. The molecule has 2 aromatic rings. The zero-order valence-corrected chi connectivity index (χ0v) is 10.8. The van der Waals surface area contributed by atoms with E-state index in [2.05, 4.69) is 4.74 Å². The van der Waals surface area contributed by atoms with Gasteiger partial charge < -0.3 is 14.4 Å². The summed E-state index contributed by atoms with van der Waals surface area (Å²) in [6.07, 6.45) is 1.56. The van der Waals surface area contributed by atoms with Crippen LogP contribution in [0.15, 0.2) is 41.3 Å². The molecule has 5 nitrogen and oxygen atoms in total. The Labute approximate surface area is 110 Å². The number of methoxy groups -OCH3 is 1. The largest absolute Gasteiger partial charge is 0.467 e. The van der Waals surface area contributed by atoms with E-state index in [4.69, 9.17) is 0 Å². The highest BCUT2D eigenvalue weighted by Crippen LogP contribution is 2.15. The summed E-state index contributed by atoms with van der Waals surface area (Å²) in [5, 5.41) is 10.6. The third-order valence-corrected chi connectivity index (χ3v) is 2.99. The first-order chi connectivity index (χ1) is 8.95. The van der Waals surface area contributed by atoms with E-state index in [0.29, 0.717) is 10.9 Å². The van der Waals surface area contributed by atoms with Crippen molar-refractivity contribution < 1.29 is 14.6 Å². The van der Waals surface area contributed by atoms with Crippen molar-refractivity contribution in [3.8, 4) is 0 Å². The highest BCUT2D eigenvalue weighted by Gasteiger charge is 2.32. The minimum Gasteiger partial charge on any atom is -0.467 e. The Kier molecular flexibility index (Phi) is 3.40. The maximum Gasteiger partial charge on any atom is 0.339 e. The van der Waals surface area contributed by atoms with E-state index in [0.717, 1.165) is 0 Å². The fraction of sp³-hybridized carbons (Fsp3) is 0.286. The summed E-state index contributed by atoms with van der Waals surface area (Å²) in [4.78, 5) is 23.2. The number of benzene rings is 1. The van der Waals surface area contributed by atoms with Gasteiger partial charge in [-0.05, 0) is 19.1 Å². The van der Waals surface area contributed by atoms with Gasteiger partial charge in [-0.1, -0.05) is 12.1 Å². The molecule has 0 saturated carbocycles. The second-order valence-electron chi connectivity index (χ2n) is 4.59. The van der Waals surface area contributed by atoms with E-state index in [9.17, 15) is 14.7 Å². The van der Waals surface area contributed by atoms with Crippen molar-refractivity contribution in [3.05, 3.63) is 46.8 Å². The Morgan fingerprint density at radius 3 is 2.74 bits per heavy atom. The summed E-state index contributed by atoms with van der Waals surface area (Å²) >= 11 is 0.